The second-order valence-electron chi connectivity index (χ2n) is 6.78. The van der Waals surface area contributed by atoms with Crippen molar-refractivity contribution in [1.82, 2.24) is 19.9 Å². The Morgan fingerprint density at radius 3 is 2.42 bits per heavy atom. The van der Waals surface area contributed by atoms with E-state index in [0.29, 0.717) is 10.9 Å². The van der Waals surface area contributed by atoms with Crippen LogP contribution in [0.3, 0.4) is 0 Å². The molecule has 1 aromatic heterocycles. The summed E-state index contributed by atoms with van der Waals surface area (Å²) >= 11 is 0. The highest BCUT2D eigenvalue weighted by molar-refractivity contribution is 5.81. The molecule has 0 aliphatic carbocycles. The van der Waals surface area contributed by atoms with Gasteiger partial charge >= 0.3 is 0 Å². The van der Waals surface area contributed by atoms with Crippen LogP contribution in [0.5, 0.6) is 0 Å². The van der Waals surface area contributed by atoms with Crippen LogP contribution < -0.4 is 5.56 Å². The molecule has 2 aromatic rings. The van der Waals surface area contributed by atoms with Crippen LogP contribution in [-0.2, 0) is 4.79 Å². The van der Waals surface area contributed by atoms with E-state index in [9.17, 15) is 9.59 Å². The molecule has 6 heteroatoms. The van der Waals surface area contributed by atoms with E-state index in [1.54, 1.807) is 18.2 Å². The summed E-state index contributed by atoms with van der Waals surface area (Å²) in [4.78, 5) is 27.8. The van der Waals surface area contributed by atoms with Crippen LogP contribution in [0.4, 0.5) is 0 Å². The topological polar surface area (TPSA) is 68.1 Å². The first-order chi connectivity index (χ1) is 11.6. The first-order valence-electron chi connectivity index (χ1n) is 8.72. The molecule has 2 heterocycles. The monoisotopic (exact) mass is 328 g/mol. The zero-order valence-electron chi connectivity index (χ0n) is 14.3. The smallest absolute Gasteiger partial charge is 0.278 e. The Morgan fingerprint density at radius 1 is 1.08 bits per heavy atom. The summed E-state index contributed by atoms with van der Waals surface area (Å²) in [5.41, 5.74) is 0.311. The third-order valence-electron chi connectivity index (χ3n) is 4.66. The summed E-state index contributed by atoms with van der Waals surface area (Å²) in [7, 11) is 0. The Kier molecular flexibility index (Phi) is 4.92. The van der Waals surface area contributed by atoms with Crippen LogP contribution in [0.25, 0.3) is 10.9 Å². The minimum Gasteiger partial charge on any atom is -0.341 e. The molecule has 1 atom stereocenters. The summed E-state index contributed by atoms with van der Waals surface area (Å²) < 4.78 is 1.28. The third kappa shape index (κ3) is 3.18. The molecule has 0 bridgehead atoms. The number of hydrogen-bond acceptors (Lipinski definition) is 4. The minimum atomic E-state index is -0.604. The molecule has 1 saturated heterocycles. The molecule has 24 heavy (non-hydrogen) atoms. The lowest BCUT2D eigenvalue weighted by atomic mass is 10.0. The highest BCUT2D eigenvalue weighted by atomic mass is 16.2. The quantitative estimate of drug-likeness (QED) is 0.867. The van der Waals surface area contributed by atoms with E-state index in [1.807, 2.05) is 24.8 Å². The Bertz CT molecular complexity index is 776. The van der Waals surface area contributed by atoms with Gasteiger partial charge in [0, 0.05) is 13.1 Å². The lowest BCUT2D eigenvalue weighted by Gasteiger charge is -2.28. The number of nitrogens with zero attached hydrogens (tertiary/aromatic N) is 4. The van der Waals surface area contributed by atoms with Crippen molar-refractivity contribution in [2.24, 2.45) is 5.92 Å². The molecular weight excluding hydrogens is 304 g/mol. The number of carbonyl (C=O) groups excluding carboxylic acids is 1. The lowest BCUT2D eigenvalue weighted by Crippen LogP contribution is -2.44. The van der Waals surface area contributed by atoms with E-state index in [1.165, 1.54) is 4.68 Å². The molecule has 128 valence electrons. The van der Waals surface area contributed by atoms with Crippen LogP contribution >= 0.6 is 0 Å². The fourth-order valence-corrected chi connectivity index (χ4v) is 3.33. The summed E-state index contributed by atoms with van der Waals surface area (Å²) in [6, 6.07) is 6.51. The number of carbonyl (C=O) groups is 1. The summed E-state index contributed by atoms with van der Waals surface area (Å²) in [6.07, 6.45) is 4.36. The maximum atomic E-state index is 13.1. The fraction of sp³-hybridized carbons (Fsp3) is 0.556. The Hall–Kier alpha value is -2.24. The lowest BCUT2D eigenvalue weighted by molar-refractivity contribution is -0.136. The Balaban J connectivity index is 2.00. The van der Waals surface area contributed by atoms with Gasteiger partial charge in [-0.05, 0) is 30.9 Å². The second kappa shape index (κ2) is 7.11. The van der Waals surface area contributed by atoms with Gasteiger partial charge in [-0.2, -0.15) is 4.68 Å². The van der Waals surface area contributed by atoms with Crippen molar-refractivity contribution < 1.29 is 4.79 Å². The van der Waals surface area contributed by atoms with Gasteiger partial charge in [0.05, 0.1) is 5.39 Å². The summed E-state index contributed by atoms with van der Waals surface area (Å²) in [5, 5.41) is 8.71. The Labute approximate surface area is 141 Å². The molecule has 1 amide bonds. The third-order valence-corrected chi connectivity index (χ3v) is 4.66. The van der Waals surface area contributed by atoms with E-state index >= 15 is 0 Å². The van der Waals surface area contributed by atoms with Gasteiger partial charge in [0.25, 0.3) is 5.56 Å². The average Bonchev–Trinajstić information content (AvgIpc) is 2.86. The van der Waals surface area contributed by atoms with Gasteiger partial charge in [-0.1, -0.05) is 44.0 Å². The zero-order chi connectivity index (χ0) is 17.1. The van der Waals surface area contributed by atoms with Gasteiger partial charge in [-0.25, -0.2) is 0 Å². The molecule has 0 radical (unpaired) electrons. The SMILES string of the molecule is CC(C)[C@H](C(=O)N1CCCCCC1)n1nnc2ccccc2c1=O. The van der Waals surface area contributed by atoms with Crippen LogP contribution in [0.15, 0.2) is 29.1 Å². The summed E-state index contributed by atoms with van der Waals surface area (Å²) in [6.45, 7) is 5.42. The highest BCUT2D eigenvalue weighted by Crippen LogP contribution is 2.21. The second-order valence-corrected chi connectivity index (χ2v) is 6.78. The molecular formula is C18H24N4O2. The van der Waals surface area contributed by atoms with E-state index < -0.39 is 6.04 Å². The van der Waals surface area contributed by atoms with Gasteiger partial charge in [0.2, 0.25) is 5.91 Å². The molecule has 1 aliphatic rings. The number of benzene rings is 1. The molecule has 6 nitrogen and oxygen atoms in total. The molecule has 0 N–H and O–H groups in total. The maximum absolute atomic E-state index is 13.1. The van der Waals surface area contributed by atoms with Crippen molar-refractivity contribution in [2.45, 2.75) is 45.6 Å². The molecule has 0 spiro atoms. The number of likely N-dealkylation sites (tertiary alicyclic amines) is 1. The van der Waals surface area contributed by atoms with E-state index in [4.69, 9.17) is 0 Å². The van der Waals surface area contributed by atoms with Crippen LogP contribution in [-0.4, -0.2) is 38.9 Å². The number of amides is 1. The average molecular weight is 328 g/mol. The first-order valence-corrected chi connectivity index (χ1v) is 8.72. The largest absolute Gasteiger partial charge is 0.341 e. The predicted octanol–water partition coefficient (Wildman–Crippen LogP) is 2.39. The normalized spacial score (nSPS) is 17.0. The van der Waals surface area contributed by atoms with Gasteiger partial charge in [0.15, 0.2) is 0 Å². The van der Waals surface area contributed by atoms with E-state index in [0.717, 1.165) is 38.8 Å². The van der Waals surface area contributed by atoms with Crippen LogP contribution in [0, 0.1) is 5.92 Å². The highest BCUT2D eigenvalue weighted by Gasteiger charge is 2.31. The maximum Gasteiger partial charge on any atom is 0.278 e. The van der Waals surface area contributed by atoms with Crippen molar-refractivity contribution in [3.05, 3.63) is 34.6 Å². The summed E-state index contributed by atoms with van der Waals surface area (Å²) in [5.74, 6) is -0.0486. The van der Waals surface area contributed by atoms with Gasteiger partial charge in [-0.3, -0.25) is 9.59 Å². The first kappa shape index (κ1) is 16.6. The molecule has 1 aliphatic heterocycles. The predicted molar refractivity (Wildman–Crippen MR) is 92.7 cm³/mol. The number of rotatable bonds is 3. The molecule has 1 aromatic carbocycles. The molecule has 0 unspecified atom stereocenters. The standard InChI is InChI=1S/C18H24N4O2/c1-13(2)16(18(24)21-11-7-3-4-8-12-21)22-17(23)14-9-5-6-10-15(14)19-20-22/h5-6,9-10,13,16H,3-4,7-8,11-12H2,1-2H3/t16-/m1/s1. The van der Waals surface area contributed by atoms with Gasteiger partial charge in [0.1, 0.15) is 11.6 Å². The molecule has 3 rings (SSSR count). The Morgan fingerprint density at radius 2 is 1.75 bits per heavy atom. The zero-order valence-corrected chi connectivity index (χ0v) is 14.3. The van der Waals surface area contributed by atoms with Crippen molar-refractivity contribution in [3.8, 4) is 0 Å². The fourth-order valence-electron chi connectivity index (χ4n) is 3.33. The van der Waals surface area contributed by atoms with E-state index in [2.05, 4.69) is 10.3 Å². The number of fused-ring (bicyclic) bond motifs is 1. The van der Waals surface area contributed by atoms with Crippen molar-refractivity contribution in [2.75, 3.05) is 13.1 Å². The van der Waals surface area contributed by atoms with Crippen LogP contribution in [0.1, 0.15) is 45.6 Å². The molecule has 0 saturated carbocycles. The minimum absolute atomic E-state index is 0.0152. The van der Waals surface area contributed by atoms with Gasteiger partial charge < -0.3 is 4.90 Å². The molecule has 1 fully saturated rings. The van der Waals surface area contributed by atoms with E-state index in [-0.39, 0.29) is 17.4 Å². The van der Waals surface area contributed by atoms with Gasteiger partial charge in [-0.15, -0.1) is 5.10 Å². The number of aromatic nitrogens is 3. The van der Waals surface area contributed by atoms with Crippen molar-refractivity contribution in [1.29, 1.82) is 0 Å². The van der Waals surface area contributed by atoms with Crippen molar-refractivity contribution >= 4 is 16.8 Å². The van der Waals surface area contributed by atoms with Crippen molar-refractivity contribution in [3.63, 3.8) is 0 Å². The van der Waals surface area contributed by atoms with Crippen LogP contribution in [0.2, 0.25) is 0 Å². The number of hydrogen-bond donors (Lipinski definition) is 0.